The first kappa shape index (κ1) is 14.9. The predicted octanol–water partition coefficient (Wildman–Crippen LogP) is 1.44. The van der Waals surface area contributed by atoms with Crippen LogP contribution in [0.3, 0.4) is 0 Å². The molecule has 0 saturated carbocycles. The van der Waals surface area contributed by atoms with Crippen LogP contribution in [0.2, 0.25) is 0 Å². The lowest BCUT2D eigenvalue weighted by atomic mass is 10.2. The van der Waals surface area contributed by atoms with Crippen LogP contribution in [0.25, 0.3) is 0 Å². The summed E-state index contributed by atoms with van der Waals surface area (Å²) >= 11 is 0. The maximum atomic E-state index is 5.40. The first-order chi connectivity index (χ1) is 7.35. The van der Waals surface area contributed by atoms with E-state index in [1.165, 1.54) is 25.7 Å². The van der Waals surface area contributed by atoms with Gasteiger partial charge in [-0.05, 0) is 0 Å². The molecule has 0 aromatic rings. The predicted molar refractivity (Wildman–Crippen MR) is 68.2 cm³/mol. The second-order valence-corrected chi connectivity index (χ2v) is 4.09. The summed E-state index contributed by atoms with van der Waals surface area (Å²) in [5, 5.41) is 3.29. The van der Waals surface area contributed by atoms with Gasteiger partial charge in [0.25, 0.3) is 0 Å². The van der Waals surface area contributed by atoms with Gasteiger partial charge in [-0.1, -0.05) is 39.5 Å². The Balaban J connectivity index is 0.000000288. The van der Waals surface area contributed by atoms with Gasteiger partial charge in [-0.15, -0.1) is 0 Å². The van der Waals surface area contributed by atoms with E-state index >= 15 is 0 Å². The van der Waals surface area contributed by atoms with Gasteiger partial charge in [-0.25, -0.2) is 0 Å². The zero-order valence-corrected chi connectivity index (χ0v) is 10.6. The quantitative estimate of drug-likeness (QED) is 0.682. The minimum atomic E-state index is 0.792. The van der Waals surface area contributed by atoms with Crippen molar-refractivity contribution in [3.8, 4) is 0 Å². The molecule has 0 aromatic carbocycles. The fourth-order valence-electron chi connectivity index (χ4n) is 1.62. The molecule has 1 fully saturated rings. The van der Waals surface area contributed by atoms with Crippen LogP contribution >= 0.6 is 0 Å². The molecule has 1 aliphatic heterocycles. The Morgan fingerprint density at radius 2 is 1.60 bits per heavy atom. The number of unbranched alkanes of at least 4 members (excludes halogenated alkanes) is 3. The smallest absolute Gasteiger partial charge is 0.0108 e. The number of nitrogens with zero attached hydrogens (tertiary/aromatic N) is 1. The van der Waals surface area contributed by atoms with Crippen molar-refractivity contribution in [3.05, 3.63) is 0 Å². The number of piperazine rings is 1. The van der Waals surface area contributed by atoms with Crippen molar-refractivity contribution in [2.45, 2.75) is 39.5 Å². The van der Waals surface area contributed by atoms with Crippen LogP contribution in [0.1, 0.15) is 39.5 Å². The minimum absolute atomic E-state index is 0.792. The third kappa shape index (κ3) is 10.2. The zero-order valence-electron chi connectivity index (χ0n) is 10.6. The van der Waals surface area contributed by atoms with Crippen LogP contribution in [0.4, 0.5) is 0 Å². The van der Waals surface area contributed by atoms with Gasteiger partial charge >= 0.3 is 0 Å². The molecule has 3 N–H and O–H groups in total. The lowest BCUT2D eigenvalue weighted by Crippen LogP contribution is -2.45. The molecule has 15 heavy (non-hydrogen) atoms. The van der Waals surface area contributed by atoms with E-state index in [2.05, 4.69) is 24.1 Å². The Morgan fingerprint density at radius 1 is 1.07 bits per heavy atom. The lowest BCUT2D eigenvalue weighted by molar-refractivity contribution is 0.247. The maximum absolute atomic E-state index is 5.40. The monoisotopic (exact) mass is 215 g/mol. The molecule has 0 aromatic heterocycles. The number of hydrogen-bond acceptors (Lipinski definition) is 3. The summed E-state index contributed by atoms with van der Waals surface area (Å²) in [7, 11) is 0. The summed E-state index contributed by atoms with van der Waals surface area (Å²) in [6.07, 6.45) is 5.54. The highest BCUT2D eigenvalue weighted by Gasteiger charge is 2.06. The number of rotatable bonds is 5. The van der Waals surface area contributed by atoms with E-state index in [0.717, 1.165) is 39.3 Å². The largest absolute Gasteiger partial charge is 0.329 e. The van der Waals surface area contributed by atoms with E-state index < -0.39 is 0 Å². The fraction of sp³-hybridized carbons (Fsp3) is 1.00. The molecule has 3 heteroatoms. The van der Waals surface area contributed by atoms with E-state index in [1.807, 2.05) is 0 Å². The summed E-state index contributed by atoms with van der Waals surface area (Å²) in [5.41, 5.74) is 5.40. The summed E-state index contributed by atoms with van der Waals surface area (Å²) in [4.78, 5) is 2.39. The van der Waals surface area contributed by atoms with Gasteiger partial charge in [0.05, 0.1) is 0 Å². The summed E-state index contributed by atoms with van der Waals surface area (Å²) < 4.78 is 0. The zero-order chi connectivity index (χ0) is 11.4. The van der Waals surface area contributed by atoms with Crippen molar-refractivity contribution < 1.29 is 0 Å². The molecule has 0 amide bonds. The number of nitrogens with two attached hydrogens (primary N) is 1. The molecule has 0 radical (unpaired) electrons. The standard InChI is InChI=1S/C6H15N3.C6H14/c7-1-4-9-5-2-8-3-6-9;1-3-5-6-4-2/h8H,1-7H2;3-6H2,1-2H3. The Labute approximate surface area is 95.4 Å². The van der Waals surface area contributed by atoms with Crippen LogP contribution < -0.4 is 11.1 Å². The van der Waals surface area contributed by atoms with Crippen molar-refractivity contribution in [1.82, 2.24) is 10.2 Å². The number of nitrogens with one attached hydrogen (secondary N) is 1. The van der Waals surface area contributed by atoms with Gasteiger partial charge in [-0.3, -0.25) is 4.90 Å². The van der Waals surface area contributed by atoms with Crippen molar-refractivity contribution in [1.29, 1.82) is 0 Å². The average molecular weight is 215 g/mol. The molecule has 0 unspecified atom stereocenters. The molecule has 0 spiro atoms. The van der Waals surface area contributed by atoms with Crippen molar-refractivity contribution in [3.63, 3.8) is 0 Å². The second kappa shape index (κ2) is 12.0. The Hall–Kier alpha value is -0.120. The molecule has 3 nitrogen and oxygen atoms in total. The van der Waals surface area contributed by atoms with Gasteiger partial charge in [-0.2, -0.15) is 0 Å². The first-order valence-corrected chi connectivity index (χ1v) is 6.48. The molecule has 1 aliphatic rings. The third-order valence-electron chi connectivity index (χ3n) is 2.61. The Kier molecular flexibility index (Phi) is 11.9. The van der Waals surface area contributed by atoms with E-state index in [4.69, 9.17) is 5.73 Å². The highest BCUT2D eigenvalue weighted by molar-refractivity contribution is 4.66. The van der Waals surface area contributed by atoms with Crippen molar-refractivity contribution in [2.75, 3.05) is 39.3 Å². The maximum Gasteiger partial charge on any atom is 0.0108 e. The fourth-order valence-corrected chi connectivity index (χ4v) is 1.62. The average Bonchev–Trinajstić information content (AvgIpc) is 2.29. The van der Waals surface area contributed by atoms with Crippen LogP contribution in [-0.4, -0.2) is 44.2 Å². The molecule has 92 valence electrons. The molecular formula is C12H29N3. The van der Waals surface area contributed by atoms with E-state index in [-0.39, 0.29) is 0 Å². The molecular weight excluding hydrogens is 186 g/mol. The first-order valence-electron chi connectivity index (χ1n) is 6.48. The third-order valence-corrected chi connectivity index (χ3v) is 2.61. The number of hydrogen-bond donors (Lipinski definition) is 2. The van der Waals surface area contributed by atoms with Gasteiger partial charge in [0.2, 0.25) is 0 Å². The van der Waals surface area contributed by atoms with Gasteiger partial charge in [0.1, 0.15) is 0 Å². The van der Waals surface area contributed by atoms with Crippen molar-refractivity contribution in [2.24, 2.45) is 5.73 Å². The molecule has 0 aliphatic carbocycles. The Bertz CT molecular complexity index is 105. The minimum Gasteiger partial charge on any atom is -0.329 e. The summed E-state index contributed by atoms with van der Waals surface area (Å²) in [5.74, 6) is 0. The van der Waals surface area contributed by atoms with Crippen LogP contribution in [0, 0.1) is 0 Å². The molecule has 0 bridgehead atoms. The van der Waals surface area contributed by atoms with E-state index in [1.54, 1.807) is 0 Å². The Morgan fingerprint density at radius 3 is 2.00 bits per heavy atom. The molecule has 1 saturated heterocycles. The van der Waals surface area contributed by atoms with Gasteiger partial charge < -0.3 is 11.1 Å². The van der Waals surface area contributed by atoms with Gasteiger partial charge in [0.15, 0.2) is 0 Å². The SMILES string of the molecule is CCCCCC.NCCN1CCNCC1. The normalized spacial score (nSPS) is 17.0. The molecule has 1 heterocycles. The molecule has 1 rings (SSSR count). The topological polar surface area (TPSA) is 41.3 Å². The van der Waals surface area contributed by atoms with E-state index in [9.17, 15) is 0 Å². The van der Waals surface area contributed by atoms with Crippen LogP contribution in [0.5, 0.6) is 0 Å². The lowest BCUT2D eigenvalue weighted by Gasteiger charge is -2.26. The van der Waals surface area contributed by atoms with Gasteiger partial charge in [0, 0.05) is 39.3 Å². The summed E-state index contributed by atoms with van der Waals surface area (Å²) in [6, 6.07) is 0. The second-order valence-electron chi connectivity index (χ2n) is 4.09. The highest BCUT2D eigenvalue weighted by atomic mass is 15.2. The van der Waals surface area contributed by atoms with Crippen LogP contribution in [-0.2, 0) is 0 Å². The molecule has 0 atom stereocenters. The highest BCUT2D eigenvalue weighted by Crippen LogP contribution is 1.95. The van der Waals surface area contributed by atoms with E-state index in [0.29, 0.717) is 0 Å². The van der Waals surface area contributed by atoms with Crippen molar-refractivity contribution >= 4 is 0 Å². The van der Waals surface area contributed by atoms with Crippen LogP contribution in [0.15, 0.2) is 0 Å². The summed E-state index contributed by atoms with van der Waals surface area (Å²) in [6.45, 7) is 10.9.